The van der Waals surface area contributed by atoms with Gasteiger partial charge < -0.3 is 20.8 Å². The van der Waals surface area contributed by atoms with Crippen LogP contribution in [0.3, 0.4) is 0 Å². The number of piperidine rings is 1. The Hall–Kier alpha value is -1.79. The third kappa shape index (κ3) is 4.55. The van der Waals surface area contributed by atoms with Crippen LogP contribution in [0.5, 0.6) is 0 Å². The van der Waals surface area contributed by atoms with Crippen LogP contribution in [0.25, 0.3) is 0 Å². The quantitative estimate of drug-likeness (QED) is 0.410. The van der Waals surface area contributed by atoms with E-state index in [9.17, 15) is 28.2 Å². The lowest BCUT2D eigenvalue weighted by molar-refractivity contribution is -0.129. The van der Waals surface area contributed by atoms with E-state index in [0.717, 1.165) is 17.8 Å². The highest BCUT2D eigenvalue weighted by molar-refractivity contribution is 7.91. The number of hydrogen-bond donors (Lipinski definition) is 5. The van der Waals surface area contributed by atoms with Gasteiger partial charge in [0.15, 0.2) is 0 Å². The molecular formula is C16H21N3O6S2. The molecule has 4 unspecified atom stereocenters. The van der Waals surface area contributed by atoms with Crippen LogP contribution < -0.4 is 15.4 Å². The highest BCUT2D eigenvalue weighted by atomic mass is 32.2. The van der Waals surface area contributed by atoms with Crippen molar-refractivity contribution < 1.29 is 28.2 Å². The number of aliphatic hydroxyl groups is 2. The van der Waals surface area contributed by atoms with Gasteiger partial charge in [0.25, 0.3) is 10.0 Å². The molecule has 2 heterocycles. The normalized spacial score (nSPS) is 29.0. The van der Waals surface area contributed by atoms with E-state index in [0.29, 0.717) is 13.0 Å². The number of sulfonamides is 1. The molecule has 0 aromatic carbocycles. The maximum absolute atomic E-state index is 12.5. The Kier molecular flexibility index (Phi) is 5.96. The molecule has 2 aliphatic rings. The molecule has 1 fully saturated rings. The first-order chi connectivity index (χ1) is 12.8. The second-order valence-electron chi connectivity index (χ2n) is 6.49. The molecule has 3 rings (SSSR count). The number of carbonyl (C=O) groups excluding carboxylic acids is 2. The van der Waals surface area contributed by atoms with Crippen LogP contribution in [0.15, 0.2) is 33.4 Å². The van der Waals surface area contributed by atoms with E-state index in [-0.39, 0.29) is 22.1 Å². The number of thiophene rings is 1. The zero-order valence-electron chi connectivity index (χ0n) is 14.3. The van der Waals surface area contributed by atoms with E-state index in [1.165, 1.54) is 12.1 Å². The Labute approximate surface area is 160 Å². The minimum absolute atomic E-state index is 0.0630. The van der Waals surface area contributed by atoms with Crippen LogP contribution >= 0.6 is 11.3 Å². The van der Waals surface area contributed by atoms with Gasteiger partial charge in [-0.2, -0.15) is 0 Å². The number of aliphatic hydroxyl groups excluding tert-OH is 2. The van der Waals surface area contributed by atoms with Gasteiger partial charge >= 0.3 is 0 Å². The van der Waals surface area contributed by atoms with Gasteiger partial charge in [0.2, 0.25) is 11.8 Å². The molecule has 0 radical (unpaired) electrons. The van der Waals surface area contributed by atoms with Crippen molar-refractivity contribution >= 4 is 33.2 Å². The summed E-state index contributed by atoms with van der Waals surface area (Å²) in [6.07, 6.45) is -0.316. The van der Waals surface area contributed by atoms with Crippen LogP contribution in [0.4, 0.5) is 0 Å². The van der Waals surface area contributed by atoms with Crippen LogP contribution in [0.1, 0.15) is 19.3 Å². The Morgan fingerprint density at radius 3 is 2.78 bits per heavy atom. The van der Waals surface area contributed by atoms with Crippen molar-refractivity contribution in [3.63, 3.8) is 0 Å². The molecule has 1 aliphatic carbocycles. The average Bonchev–Trinajstić information content (AvgIpc) is 3.16. The minimum Gasteiger partial charge on any atom is -0.390 e. The molecule has 2 amide bonds. The Bertz CT molecular complexity index is 836. The Morgan fingerprint density at radius 2 is 2.11 bits per heavy atom. The lowest BCUT2D eigenvalue weighted by Crippen LogP contribution is -2.53. The zero-order chi connectivity index (χ0) is 19.6. The van der Waals surface area contributed by atoms with Crippen molar-refractivity contribution in [3.8, 4) is 0 Å². The minimum atomic E-state index is -3.90. The summed E-state index contributed by atoms with van der Waals surface area (Å²) >= 11 is 1.01. The number of nitrogens with one attached hydrogen (secondary N) is 3. The van der Waals surface area contributed by atoms with Gasteiger partial charge in [-0.3, -0.25) is 9.59 Å². The predicted octanol–water partition coefficient (Wildman–Crippen LogP) is -1.16. The summed E-state index contributed by atoms with van der Waals surface area (Å²) in [7, 11) is -3.90. The molecule has 148 valence electrons. The van der Waals surface area contributed by atoms with E-state index in [1.54, 1.807) is 11.4 Å². The van der Waals surface area contributed by atoms with Gasteiger partial charge in [-0.05, 0) is 24.3 Å². The fourth-order valence-corrected chi connectivity index (χ4v) is 5.26. The van der Waals surface area contributed by atoms with Crippen molar-refractivity contribution in [2.45, 2.75) is 47.8 Å². The zero-order valence-corrected chi connectivity index (χ0v) is 15.9. The Balaban J connectivity index is 1.76. The van der Waals surface area contributed by atoms with Crippen molar-refractivity contribution in [1.82, 2.24) is 15.4 Å². The van der Waals surface area contributed by atoms with Crippen LogP contribution in [0.2, 0.25) is 0 Å². The molecule has 5 N–H and O–H groups in total. The Morgan fingerprint density at radius 1 is 1.33 bits per heavy atom. The number of rotatable bonds is 5. The highest BCUT2D eigenvalue weighted by Gasteiger charge is 2.36. The molecule has 0 saturated carbocycles. The molecule has 1 aromatic rings. The summed E-state index contributed by atoms with van der Waals surface area (Å²) in [5.74, 6) is -0.843. The fourth-order valence-electron chi connectivity index (χ4n) is 3.06. The largest absolute Gasteiger partial charge is 0.390 e. The SMILES string of the molecule is O=C(NC1CCCNC1=O)C1=CC(NS(=O)(=O)c2cccs2)C(O)C(O)C1. The molecule has 1 aliphatic heterocycles. The molecule has 0 spiro atoms. The van der Waals surface area contributed by atoms with E-state index >= 15 is 0 Å². The molecule has 27 heavy (non-hydrogen) atoms. The summed E-state index contributed by atoms with van der Waals surface area (Å²) in [5, 5.41) is 27.1. The second kappa shape index (κ2) is 8.07. The molecule has 9 nitrogen and oxygen atoms in total. The summed E-state index contributed by atoms with van der Waals surface area (Å²) < 4.78 is 27.1. The van der Waals surface area contributed by atoms with E-state index in [2.05, 4.69) is 15.4 Å². The first-order valence-corrected chi connectivity index (χ1v) is 10.9. The fraction of sp³-hybridized carbons (Fsp3) is 0.500. The van der Waals surface area contributed by atoms with Crippen LogP contribution in [-0.2, 0) is 19.6 Å². The summed E-state index contributed by atoms with van der Waals surface area (Å²) in [6.45, 7) is 0.561. The van der Waals surface area contributed by atoms with Crippen molar-refractivity contribution in [3.05, 3.63) is 29.2 Å². The maximum Gasteiger partial charge on any atom is 0.250 e. The van der Waals surface area contributed by atoms with Crippen molar-refractivity contribution in [2.75, 3.05) is 6.54 Å². The van der Waals surface area contributed by atoms with Crippen molar-refractivity contribution in [1.29, 1.82) is 0 Å². The lowest BCUT2D eigenvalue weighted by atomic mass is 9.90. The lowest BCUT2D eigenvalue weighted by Gasteiger charge is -2.31. The third-order valence-electron chi connectivity index (χ3n) is 4.51. The van der Waals surface area contributed by atoms with E-state index < -0.39 is 40.2 Å². The van der Waals surface area contributed by atoms with E-state index in [1.807, 2.05) is 0 Å². The van der Waals surface area contributed by atoms with Gasteiger partial charge in [0, 0.05) is 18.5 Å². The first kappa shape index (κ1) is 20.0. The smallest absolute Gasteiger partial charge is 0.250 e. The number of amides is 2. The van der Waals surface area contributed by atoms with Gasteiger partial charge in [0.05, 0.1) is 12.1 Å². The van der Waals surface area contributed by atoms with E-state index in [4.69, 9.17) is 0 Å². The maximum atomic E-state index is 12.5. The predicted molar refractivity (Wildman–Crippen MR) is 97.3 cm³/mol. The number of carbonyl (C=O) groups is 2. The molecule has 0 bridgehead atoms. The summed E-state index contributed by atoms with van der Waals surface area (Å²) in [5.41, 5.74) is 0.116. The standard InChI is InChI=1S/C16H21N3O6S2/c20-12-8-9(15(22)18-10-3-1-5-17-16(10)23)7-11(14(12)21)19-27(24,25)13-4-2-6-26-13/h2,4,6-7,10-12,14,19-21H,1,3,5,8H2,(H,17,23)(H,18,22). The first-order valence-electron chi connectivity index (χ1n) is 8.49. The molecule has 1 aromatic heterocycles. The molecule has 11 heteroatoms. The van der Waals surface area contributed by atoms with Crippen LogP contribution in [0, 0.1) is 0 Å². The van der Waals surface area contributed by atoms with Gasteiger partial charge in [-0.15, -0.1) is 11.3 Å². The van der Waals surface area contributed by atoms with Crippen molar-refractivity contribution in [2.24, 2.45) is 0 Å². The highest BCUT2D eigenvalue weighted by Crippen LogP contribution is 2.23. The average molecular weight is 415 g/mol. The van der Waals surface area contributed by atoms with Gasteiger partial charge in [-0.25, -0.2) is 13.1 Å². The third-order valence-corrected chi connectivity index (χ3v) is 7.36. The number of hydrogen-bond acceptors (Lipinski definition) is 7. The topological polar surface area (TPSA) is 145 Å². The van der Waals surface area contributed by atoms with Gasteiger partial charge in [0.1, 0.15) is 16.4 Å². The monoisotopic (exact) mass is 415 g/mol. The molecule has 1 saturated heterocycles. The molecule has 4 atom stereocenters. The summed E-state index contributed by atoms with van der Waals surface area (Å²) in [4.78, 5) is 24.3. The summed E-state index contributed by atoms with van der Waals surface area (Å²) in [6, 6.07) is 1.16. The molecular weight excluding hydrogens is 394 g/mol. The van der Waals surface area contributed by atoms with Gasteiger partial charge in [-0.1, -0.05) is 12.1 Å². The van der Waals surface area contributed by atoms with Crippen LogP contribution in [-0.4, -0.2) is 61.3 Å². The second-order valence-corrected chi connectivity index (χ2v) is 9.38.